The summed E-state index contributed by atoms with van der Waals surface area (Å²) in [4.78, 5) is 25.8. The number of hydrogen-bond donors (Lipinski definition) is 1. The maximum absolute atomic E-state index is 12.9. The van der Waals surface area contributed by atoms with E-state index in [4.69, 9.17) is 4.74 Å². The highest BCUT2D eigenvalue weighted by Gasteiger charge is 2.52. The van der Waals surface area contributed by atoms with Crippen LogP contribution < -0.4 is 10.1 Å². The first-order valence-electron chi connectivity index (χ1n) is 8.76. The Hall–Kier alpha value is -3.13. The number of carbonyl (C=O) groups excluding carboxylic acids is 2. The molecule has 1 atom stereocenters. The minimum absolute atomic E-state index is 0.00145. The van der Waals surface area contributed by atoms with Crippen LogP contribution in [0.4, 0.5) is 5.69 Å². The van der Waals surface area contributed by atoms with Crippen molar-refractivity contribution < 1.29 is 14.3 Å². The van der Waals surface area contributed by atoms with Crippen LogP contribution >= 0.6 is 0 Å². The Labute approximate surface area is 159 Å². The number of fused-ring (bicyclic) bond motifs is 1. The van der Waals surface area contributed by atoms with Crippen LogP contribution in [-0.4, -0.2) is 18.8 Å². The van der Waals surface area contributed by atoms with Crippen LogP contribution in [0, 0.1) is 16.7 Å². The van der Waals surface area contributed by atoms with E-state index in [9.17, 15) is 14.9 Å². The predicted octanol–water partition coefficient (Wildman–Crippen LogP) is 3.88. The number of ketones is 1. The van der Waals surface area contributed by atoms with Crippen LogP contribution in [0.1, 0.15) is 42.3 Å². The van der Waals surface area contributed by atoms with Crippen LogP contribution in [0.5, 0.6) is 5.75 Å². The summed E-state index contributed by atoms with van der Waals surface area (Å²) in [6.45, 7) is 6.32. The van der Waals surface area contributed by atoms with Crippen molar-refractivity contribution in [2.45, 2.75) is 32.6 Å². The molecule has 5 nitrogen and oxygen atoms in total. The summed E-state index contributed by atoms with van der Waals surface area (Å²) in [5.74, 6) is -0.564. The Morgan fingerprint density at radius 3 is 2.41 bits per heavy atom. The molecule has 1 N–H and O–H groups in total. The normalized spacial score (nSPS) is 18.6. The van der Waals surface area contributed by atoms with Crippen LogP contribution in [0.25, 0.3) is 0 Å². The first-order valence-corrected chi connectivity index (χ1v) is 8.76. The molecule has 0 radical (unpaired) electrons. The van der Waals surface area contributed by atoms with Gasteiger partial charge in [-0.1, -0.05) is 39.0 Å². The average Bonchev–Trinajstić information content (AvgIpc) is 2.94. The molecule has 0 fully saturated rings. The van der Waals surface area contributed by atoms with E-state index < -0.39 is 17.1 Å². The molecule has 138 valence electrons. The molecule has 5 heteroatoms. The summed E-state index contributed by atoms with van der Waals surface area (Å²) < 4.78 is 5.15. The number of anilines is 1. The fourth-order valence-corrected chi connectivity index (χ4v) is 3.26. The van der Waals surface area contributed by atoms with E-state index in [0.29, 0.717) is 22.6 Å². The largest absolute Gasteiger partial charge is 0.497 e. The summed E-state index contributed by atoms with van der Waals surface area (Å²) in [6, 6.07) is 14.5. The molecule has 0 saturated carbocycles. The molecular formula is C22H22N2O3. The lowest BCUT2D eigenvalue weighted by molar-refractivity contribution is -0.120. The number of ether oxygens (including phenoxy) is 1. The second-order valence-corrected chi connectivity index (χ2v) is 7.83. The lowest BCUT2D eigenvalue weighted by Crippen LogP contribution is -2.40. The molecule has 0 aliphatic heterocycles. The zero-order valence-corrected chi connectivity index (χ0v) is 15.9. The molecule has 0 heterocycles. The SMILES string of the molecule is COc1ccc2c(c1)C(=O)[C@@](C#N)(C(=O)Nc1ccc(C(C)(C)C)cc1)C2. The van der Waals surface area contributed by atoms with Crippen molar-refractivity contribution in [3.05, 3.63) is 59.2 Å². The lowest BCUT2D eigenvalue weighted by atomic mass is 9.84. The van der Waals surface area contributed by atoms with Gasteiger partial charge in [0.05, 0.1) is 13.2 Å². The standard InChI is InChI=1S/C22H22N2O3/c1-21(2,3)15-6-8-16(9-7-15)24-20(26)22(13-23)12-14-5-10-17(27-4)11-18(14)19(22)25/h5-11H,12H2,1-4H3,(H,24,26)/t22-/m1/s1. The first-order chi connectivity index (χ1) is 12.7. The van der Waals surface area contributed by atoms with Crippen LogP contribution in [0.3, 0.4) is 0 Å². The molecule has 1 amide bonds. The van der Waals surface area contributed by atoms with Crippen LogP contribution in [0.15, 0.2) is 42.5 Å². The number of Topliss-reactive ketones (excluding diaryl/α,β-unsaturated/α-hetero) is 1. The molecule has 0 saturated heterocycles. The Morgan fingerprint density at radius 2 is 1.85 bits per heavy atom. The highest BCUT2D eigenvalue weighted by atomic mass is 16.5. The van der Waals surface area contributed by atoms with E-state index in [1.165, 1.54) is 7.11 Å². The quantitative estimate of drug-likeness (QED) is 0.841. The van der Waals surface area contributed by atoms with Gasteiger partial charge in [0.2, 0.25) is 5.41 Å². The molecule has 3 rings (SSSR count). The lowest BCUT2D eigenvalue weighted by Gasteiger charge is -2.21. The van der Waals surface area contributed by atoms with Gasteiger partial charge in [-0.3, -0.25) is 9.59 Å². The summed E-state index contributed by atoms with van der Waals surface area (Å²) in [5.41, 5.74) is 0.987. The van der Waals surface area contributed by atoms with Gasteiger partial charge in [0.1, 0.15) is 5.75 Å². The zero-order valence-electron chi connectivity index (χ0n) is 15.9. The molecule has 1 aliphatic rings. The average molecular weight is 362 g/mol. The van der Waals surface area contributed by atoms with E-state index in [1.807, 2.05) is 18.2 Å². The van der Waals surface area contributed by atoms with Crippen molar-refractivity contribution in [3.63, 3.8) is 0 Å². The minimum Gasteiger partial charge on any atom is -0.497 e. The summed E-state index contributed by atoms with van der Waals surface area (Å²) in [6.07, 6.45) is 0.0631. The van der Waals surface area contributed by atoms with Gasteiger partial charge in [-0.25, -0.2) is 0 Å². The Bertz CT molecular complexity index is 949. The molecule has 0 aromatic heterocycles. The van der Waals surface area contributed by atoms with Gasteiger partial charge in [0, 0.05) is 17.7 Å². The Balaban J connectivity index is 1.87. The number of hydrogen-bond acceptors (Lipinski definition) is 4. The minimum atomic E-state index is -1.75. The third-order valence-corrected chi connectivity index (χ3v) is 4.99. The fraction of sp³-hybridized carbons (Fsp3) is 0.318. The van der Waals surface area contributed by atoms with Crippen molar-refractivity contribution in [2.24, 2.45) is 5.41 Å². The summed E-state index contributed by atoms with van der Waals surface area (Å²) in [5, 5.41) is 12.5. The summed E-state index contributed by atoms with van der Waals surface area (Å²) in [7, 11) is 1.51. The molecule has 0 bridgehead atoms. The number of nitriles is 1. The number of nitrogens with one attached hydrogen (secondary N) is 1. The zero-order chi connectivity index (χ0) is 19.8. The van der Waals surface area contributed by atoms with E-state index in [2.05, 4.69) is 26.1 Å². The van der Waals surface area contributed by atoms with Gasteiger partial charge in [-0.15, -0.1) is 0 Å². The molecule has 0 unspecified atom stereocenters. The Kier molecular flexibility index (Phi) is 4.52. The van der Waals surface area contributed by atoms with Gasteiger partial charge in [-0.05, 0) is 40.8 Å². The molecule has 2 aromatic carbocycles. The van der Waals surface area contributed by atoms with Crippen molar-refractivity contribution in [2.75, 3.05) is 12.4 Å². The van der Waals surface area contributed by atoms with Crippen LogP contribution in [0.2, 0.25) is 0 Å². The second-order valence-electron chi connectivity index (χ2n) is 7.83. The number of methoxy groups -OCH3 is 1. The van der Waals surface area contributed by atoms with Crippen molar-refractivity contribution in [3.8, 4) is 11.8 Å². The number of carbonyl (C=O) groups is 2. The first kappa shape index (κ1) is 18.7. The molecule has 27 heavy (non-hydrogen) atoms. The highest BCUT2D eigenvalue weighted by Crippen LogP contribution is 2.39. The van der Waals surface area contributed by atoms with Gasteiger partial charge >= 0.3 is 0 Å². The predicted molar refractivity (Wildman–Crippen MR) is 103 cm³/mol. The smallest absolute Gasteiger partial charge is 0.253 e. The van der Waals surface area contributed by atoms with E-state index in [-0.39, 0.29) is 11.8 Å². The van der Waals surface area contributed by atoms with E-state index in [0.717, 1.165) is 5.56 Å². The maximum atomic E-state index is 12.9. The molecule has 0 spiro atoms. The number of amides is 1. The van der Waals surface area contributed by atoms with Crippen molar-refractivity contribution in [1.29, 1.82) is 5.26 Å². The van der Waals surface area contributed by atoms with Gasteiger partial charge in [-0.2, -0.15) is 5.26 Å². The second kappa shape index (κ2) is 6.55. The monoisotopic (exact) mass is 362 g/mol. The number of rotatable bonds is 3. The Morgan fingerprint density at radius 1 is 1.19 bits per heavy atom. The number of nitrogens with zero attached hydrogens (tertiary/aromatic N) is 1. The topological polar surface area (TPSA) is 79.2 Å². The van der Waals surface area contributed by atoms with E-state index >= 15 is 0 Å². The van der Waals surface area contributed by atoms with Crippen molar-refractivity contribution >= 4 is 17.4 Å². The fourth-order valence-electron chi connectivity index (χ4n) is 3.26. The summed E-state index contributed by atoms with van der Waals surface area (Å²) >= 11 is 0. The third kappa shape index (κ3) is 3.19. The molecular weight excluding hydrogens is 340 g/mol. The number of benzene rings is 2. The molecule has 1 aliphatic carbocycles. The third-order valence-electron chi connectivity index (χ3n) is 4.99. The van der Waals surface area contributed by atoms with Crippen molar-refractivity contribution in [1.82, 2.24) is 0 Å². The molecule has 2 aromatic rings. The highest BCUT2D eigenvalue weighted by molar-refractivity contribution is 6.22. The van der Waals surface area contributed by atoms with E-state index in [1.54, 1.807) is 30.3 Å². The van der Waals surface area contributed by atoms with Gasteiger partial charge in [0.15, 0.2) is 5.78 Å². The van der Waals surface area contributed by atoms with Crippen LogP contribution in [-0.2, 0) is 16.6 Å². The maximum Gasteiger partial charge on any atom is 0.253 e. The van der Waals surface area contributed by atoms with Gasteiger partial charge in [0.25, 0.3) is 5.91 Å². The van der Waals surface area contributed by atoms with Gasteiger partial charge < -0.3 is 10.1 Å².